The second-order valence-electron chi connectivity index (χ2n) is 8.80. The molecular weight excluding hydrogens is 420 g/mol. The normalized spacial score (nSPS) is 16.2. The number of rotatable bonds is 12. The zero-order valence-corrected chi connectivity index (χ0v) is 21.1. The summed E-state index contributed by atoms with van der Waals surface area (Å²) in [7, 11) is 0. The first-order valence-corrected chi connectivity index (χ1v) is 12.4. The number of hydrogen-bond acceptors (Lipinski definition) is 5. The fraction of sp³-hybridized carbons (Fsp3) is 0.720. The Hall–Kier alpha value is -2.35. The van der Waals surface area contributed by atoms with E-state index in [1.807, 2.05) is 18.7 Å². The van der Waals surface area contributed by atoms with Crippen LogP contribution < -0.4 is 5.32 Å². The van der Waals surface area contributed by atoms with Crippen LogP contribution in [0.4, 0.5) is 0 Å². The quantitative estimate of drug-likeness (QED) is 0.368. The minimum atomic E-state index is -0.363. The lowest BCUT2D eigenvalue weighted by Gasteiger charge is -2.32. The molecule has 2 amide bonds. The summed E-state index contributed by atoms with van der Waals surface area (Å²) in [4.78, 5) is 44.9. The topological polar surface area (TPSA) is 94.7 Å². The van der Waals surface area contributed by atoms with Crippen LogP contribution in [-0.2, 0) is 20.7 Å². The lowest BCUT2D eigenvalue weighted by atomic mass is 9.96. The first-order valence-electron chi connectivity index (χ1n) is 12.4. The van der Waals surface area contributed by atoms with Crippen molar-refractivity contribution >= 4 is 17.8 Å². The minimum Gasteiger partial charge on any atom is -0.461 e. The number of carbonyl (C=O) groups is 3. The number of nitrogens with one attached hydrogen (secondary N) is 2. The molecule has 33 heavy (non-hydrogen) atoms. The Morgan fingerprint density at radius 3 is 2.58 bits per heavy atom. The third-order valence-electron chi connectivity index (χ3n) is 6.65. The van der Waals surface area contributed by atoms with Gasteiger partial charge in [0.05, 0.1) is 12.5 Å². The van der Waals surface area contributed by atoms with Crippen molar-refractivity contribution in [3.05, 3.63) is 22.5 Å². The Morgan fingerprint density at radius 2 is 1.91 bits per heavy atom. The van der Waals surface area contributed by atoms with E-state index in [4.69, 9.17) is 4.74 Å². The maximum atomic E-state index is 12.9. The molecule has 1 fully saturated rings. The van der Waals surface area contributed by atoms with Gasteiger partial charge in [-0.3, -0.25) is 9.59 Å². The molecule has 0 aromatic carbocycles. The number of hydrogen-bond donors (Lipinski definition) is 2. The molecule has 1 saturated heterocycles. The third kappa shape index (κ3) is 7.59. The fourth-order valence-corrected chi connectivity index (χ4v) is 4.58. The van der Waals surface area contributed by atoms with Crippen LogP contribution in [0.5, 0.6) is 0 Å². The monoisotopic (exact) mass is 462 g/mol. The largest absolute Gasteiger partial charge is 0.461 e. The summed E-state index contributed by atoms with van der Waals surface area (Å²) < 4.78 is 5.10. The van der Waals surface area contributed by atoms with Crippen LogP contribution in [0.3, 0.4) is 0 Å². The Bertz CT molecular complexity index is 801. The van der Waals surface area contributed by atoms with Gasteiger partial charge >= 0.3 is 5.97 Å². The Labute approximate surface area is 198 Å². The number of carbonyl (C=O) groups excluding carboxylic acids is 3. The van der Waals surface area contributed by atoms with Crippen molar-refractivity contribution in [3.8, 4) is 0 Å². The number of aryl methyl sites for hydroxylation is 1. The van der Waals surface area contributed by atoms with E-state index in [0.717, 1.165) is 55.7 Å². The Balaban J connectivity index is 1.83. The first kappa shape index (κ1) is 26.9. The molecule has 0 radical (unpaired) electrons. The molecule has 0 bridgehead atoms. The Morgan fingerprint density at radius 1 is 1.18 bits per heavy atom. The van der Waals surface area contributed by atoms with Crippen LogP contribution in [0.25, 0.3) is 0 Å². The second kappa shape index (κ2) is 13.4. The molecule has 1 aromatic heterocycles. The highest BCUT2D eigenvalue weighted by atomic mass is 16.5. The predicted molar refractivity (Wildman–Crippen MR) is 129 cm³/mol. The van der Waals surface area contributed by atoms with E-state index >= 15 is 0 Å². The van der Waals surface area contributed by atoms with E-state index in [9.17, 15) is 14.4 Å². The van der Waals surface area contributed by atoms with Gasteiger partial charge in [-0.2, -0.15) is 0 Å². The van der Waals surface area contributed by atoms with E-state index in [0.29, 0.717) is 44.8 Å². The van der Waals surface area contributed by atoms with Crippen molar-refractivity contribution in [2.75, 3.05) is 45.9 Å². The molecule has 0 spiro atoms. The number of H-pyrrole nitrogens is 1. The van der Waals surface area contributed by atoms with E-state index in [1.54, 1.807) is 6.92 Å². The molecule has 0 saturated carbocycles. The van der Waals surface area contributed by atoms with Gasteiger partial charge in [-0.05, 0) is 77.2 Å². The molecule has 1 aliphatic heterocycles. The molecule has 186 valence electrons. The highest BCUT2D eigenvalue weighted by Crippen LogP contribution is 2.22. The van der Waals surface area contributed by atoms with Gasteiger partial charge in [-0.25, -0.2) is 4.79 Å². The highest BCUT2D eigenvalue weighted by Gasteiger charge is 2.28. The maximum Gasteiger partial charge on any atom is 0.355 e. The van der Waals surface area contributed by atoms with Crippen molar-refractivity contribution in [2.45, 2.75) is 66.7 Å². The lowest BCUT2D eigenvalue weighted by molar-refractivity contribution is -0.135. The van der Waals surface area contributed by atoms with E-state index in [1.165, 1.54) is 0 Å². The molecule has 2 heterocycles. The SMILES string of the molecule is CCOC(=O)c1[nH]c(C)c(CCC(=O)N2CCC[C@@H](C(=O)NCCCN(CC)CC)C2)c1C. The molecule has 2 N–H and O–H groups in total. The van der Waals surface area contributed by atoms with Crippen molar-refractivity contribution < 1.29 is 19.1 Å². The molecular formula is C25H42N4O4. The summed E-state index contributed by atoms with van der Waals surface area (Å²) in [5.41, 5.74) is 3.20. The van der Waals surface area contributed by atoms with Gasteiger partial charge in [0, 0.05) is 31.7 Å². The minimum absolute atomic E-state index is 0.0587. The van der Waals surface area contributed by atoms with Gasteiger partial charge in [0.25, 0.3) is 0 Å². The van der Waals surface area contributed by atoms with Crippen molar-refractivity contribution in [1.29, 1.82) is 0 Å². The predicted octanol–water partition coefficient (Wildman–Crippen LogP) is 2.83. The molecule has 2 rings (SSSR count). The number of amides is 2. The number of aromatic amines is 1. The highest BCUT2D eigenvalue weighted by molar-refractivity contribution is 5.90. The van der Waals surface area contributed by atoms with Crippen LogP contribution in [0.2, 0.25) is 0 Å². The van der Waals surface area contributed by atoms with E-state index < -0.39 is 0 Å². The zero-order valence-electron chi connectivity index (χ0n) is 21.1. The molecule has 0 aliphatic carbocycles. The average molecular weight is 463 g/mol. The van der Waals surface area contributed by atoms with Crippen molar-refractivity contribution in [3.63, 3.8) is 0 Å². The number of aromatic nitrogens is 1. The van der Waals surface area contributed by atoms with Crippen LogP contribution in [0.15, 0.2) is 0 Å². The number of ether oxygens (including phenoxy) is 1. The molecule has 1 aromatic rings. The lowest BCUT2D eigenvalue weighted by Crippen LogP contribution is -2.45. The van der Waals surface area contributed by atoms with Gasteiger partial charge in [-0.15, -0.1) is 0 Å². The molecule has 8 heteroatoms. The second-order valence-corrected chi connectivity index (χ2v) is 8.80. The number of esters is 1. The molecule has 1 aliphatic rings. The number of nitrogens with zero attached hydrogens (tertiary/aromatic N) is 2. The maximum absolute atomic E-state index is 12.9. The summed E-state index contributed by atoms with van der Waals surface area (Å²) in [5, 5.41) is 3.06. The van der Waals surface area contributed by atoms with Gasteiger partial charge in [-0.1, -0.05) is 13.8 Å². The fourth-order valence-electron chi connectivity index (χ4n) is 4.58. The molecule has 8 nitrogen and oxygen atoms in total. The third-order valence-corrected chi connectivity index (χ3v) is 6.65. The summed E-state index contributed by atoms with van der Waals surface area (Å²) in [6.45, 7) is 15.1. The summed E-state index contributed by atoms with van der Waals surface area (Å²) in [6, 6.07) is 0. The van der Waals surface area contributed by atoms with Gasteiger partial charge in [0.15, 0.2) is 0 Å². The van der Waals surface area contributed by atoms with E-state index in [2.05, 4.69) is 29.0 Å². The summed E-state index contributed by atoms with van der Waals surface area (Å²) >= 11 is 0. The Kier molecular flexibility index (Phi) is 10.9. The summed E-state index contributed by atoms with van der Waals surface area (Å²) in [5.74, 6) is -0.380. The van der Waals surface area contributed by atoms with Crippen molar-refractivity contribution in [2.24, 2.45) is 5.92 Å². The van der Waals surface area contributed by atoms with Crippen LogP contribution in [0, 0.1) is 19.8 Å². The number of piperidine rings is 1. The van der Waals surface area contributed by atoms with Gasteiger partial charge in [0.2, 0.25) is 11.8 Å². The standard InChI is InChI=1S/C25H42N4O4/c1-6-28(7-2)15-10-14-26-24(31)20-11-9-16-29(17-20)22(30)13-12-21-18(4)23(27-19(21)5)25(32)33-8-3/h20,27H,6-17H2,1-5H3,(H,26,31)/t20-/m1/s1. The van der Waals surface area contributed by atoms with Crippen molar-refractivity contribution in [1.82, 2.24) is 20.1 Å². The van der Waals surface area contributed by atoms with E-state index in [-0.39, 0.29) is 23.7 Å². The van der Waals surface area contributed by atoms with Gasteiger partial charge < -0.3 is 24.8 Å². The smallest absolute Gasteiger partial charge is 0.355 e. The summed E-state index contributed by atoms with van der Waals surface area (Å²) in [6.07, 6.45) is 3.53. The number of likely N-dealkylation sites (tertiary alicyclic amines) is 1. The zero-order chi connectivity index (χ0) is 24.4. The van der Waals surface area contributed by atoms with Crippen LogP contribution >= 0.6 is 0 Å². The molecule has 0 unspecified atom stereocenters. The van der Waals surface area contributed by atoms with Crippen LogP contribution in [0.1, 0.15) is 73.8 Å². The molecule has 1 atom stereocenters. The van der Waals surface area contributed by atoms with Crippen LogP contribution in [-0.4, -0.2) is 78.4 Å². The first-order chi connectivity index (χ1) is 15.8. The average Bonchev–Trinajstić information content (AvgIpc) is 3.10. The van der Waals surface area contributed by atoms with Gasteiger partial charge in [0.1, 0.15) is 5.69 Å².